The molecule has 0 spiro atoms. The SMILES string of the molecule is CCC(=O)C(Cc1ccccc1)Sc1ccccc1. The zero-order chi connectivity index (χ0) is 13.5. The van der Waals surface area contributed by atoms with Crippen molar-refractivity contribution >= 4 is 17.5 Å². The molecule has 1 atom stereocenters. The van der Waals surface area contributed by atoms with E-state index in [4.69, 9.17) is 0 Å². The van der Waals surface area contributed by atoms with E-state index >= 15 is 0 Å². The largest absolute Gasteiger partial charge is 0.298 e. The molecule has 0 fully saturated rings. The van der Waals surface area contributed by atoms with Gasteiger partial charge in [0.2, 0.25) is 0 Å². The Balaban J connectivity index is 2.10. The Hall–Kier alpha value is -1.54. The van der Waals surface area contributed by atoms with E-state index in [9.17, 15) is 4.79 Å². The molecular formula is C17H18OS. The van der Waals surface area contributed by atoms with Gasteiger partial charge in [0, 0.05) is 11.3 Å². The van der Waals surface area contributed by atoms with Crippen molar-refractivity contribution in [1.82, 2.24) is 0 Å². The molecule has 0 aliphatic carbocycles. The van der Waals surface area contributed by atoms with Gasteiger partial charge >= 0.3 is 0 Å². The van der Waals surface area contributed by atoms with Crippen LogP contribution in [0.4, 0.5) is 0 Å². The van der Waals surface area contributed by atoms with Gasteiger partial charge in [-0.3, -0.25) is 4.79 Å². The van der Waals surface area contributed by atoms with E-state index < -0.39 is 0 Å². The molecule has 2 aromatic carbocycles. The third-order valence-electron chi connectivity index (χ3n) is 2.99. The summed E-state index contributed by atoms with van der Waals surface area (Å²) in [5.41, 5.74) is 1.22. The Kier molecular flexibility index (Phi) is 5.22. The van der Waals surface area contributed by atoms with E-state index in [-0.39, 0.29) is 5.25 Å². The summed E-state index contributed by atoms with van der Waals surface area (Å²) in [5, 5.41) is 0.00907. The number of carbonyl (C=O) groups is 1. The molecule has 0 aromatic heterocycles. The summed E-state index contributed by atoms with van der Waals surface area (Å²) in [6.07, 6.45) is 1.39. The highest BCUT2D eigenvalue weighted by molar-refractivity contribution is 8.00. The fourth-order valence-corrected chi connectivity index (χ4v) is 3.16. The van der Waals surface area contributed by atoms with Crippen molar-refractivity contribution in [3.63, 3.8) is 0 Å². The van der Waals surface area contributed by atoms with Crippen LogP contribution in [-0.4, -0.2) is 11.0 Å². The third-order valence-corrected chi connectivity index (χ3v) is 4.25. The highest BCUT2D eigenvalue weighted by Gasteiger charge is 2.18. The van der Waals surface area contributed by atoms with Gasteiger partial charge in [0.15, 0.2) is 0 Å². The molecular weight excluding hydrogens is 252 g/mol. The van der Waals surface area contributed by atoms with Crippen LogP contribution >= 0.6 is 11.8 Å². The van der Waals surface area contributed by atoms with E-state index in [2.05, 4.69) is 24.3 Å². The highest BCUT2D eigenvalue weighted by Crippen LogP contribution is 2.27. The summed E-state index contributed by atoms with van der Waals surface area (Å²) in [7, 11) is 0. The topological polar surface area (TPSA) is 17.1 Å². The molecule has 0 aliphatic heterocycles. The zero-order valence-electron chi connectivity index (χ0n) is 11.1. The lowest BCUT2D eigenvalue weighted by Crippen LogP contribution is -2.18. The van der Waals surface area contributed by atoms with Crippen LogP contribution in [0.25, 0.3) is 0 Å². The van der Waals surface area contributed by atoms with Crippen molar-refractivity contribution in [3.8, 4) is 0 Å². The molecule has 0 N–H and O–H groups in total. The van der Waals surface area contributed by atoms with Gasteiger partial charge in [-0.05, 0) is 24.1 Å². The van der Waals surface area contributed by atoms with Crippen molar-refractivity contribution in [2.45, 2.75) is 29.9 Å². The molecule has 19 heavy (non-hydrogen) atoms. The number of hydrogen-bond donors (Lipinski definition) is 0. The molecule has 0 amide bonds. The summed E-state index contributed by atoms with van der Waals surface area (Å²) in [5.74, 6) is 0.317. The van der Waals surface area contributed by atoms with E-state index in [1.54, 1.807) is 11.8 Å². The lowest BCUT2D eigenvalue weighted by molar-refractivity contribution is -0.118. The monoisotopic (exact) mass is 270 g/mol. The smallest absolute Gasteiger partial charge is 0.146 e. The predicted octanol–water partition coefficient (Wildman–Crippen LogP) is 4.37. The number of hydrogen-bond acceptors (Lipinski definition) is 2. The van der Waals surface area contributed by atoms with Crippen molar-refractivity contribution in [2.75, 3.05) is 0 Å². The number of benzene rings is 2. The number of ketones is 1. The fraction of sp³-hybridized carbons (Fsp3) is 0.235. The fourth-order valence-electron chi connectivity index (χ4n) is 1.94. The maximum atomic E-state index is 12.1. The van der Waals surface area contributed by atoms with E-state index in [1.165, 1.54) is 5.56 Å². The van der Waals surface area contributed by atoms with Crippen LogP contribution in [0, 0.1) is 0 Å². The predicted molar refractivity (Wildman–Crippen MR) is 81.5 cm³/mol. The van der Waals surface area contributed by atoms with E-state index in [0.29, 0.717) is 12.2 Å². The van der Waals surface area contributed by atoms with Gasteiger partial charge in [-0.1, -0.05) is 55.5 Å². The molecule has 0 bridgehead atoms. The van der Waals surface area contributed by atoms with Crippen LogP contribution in [0.2, 0.25) is 0 Å². The Bertz CT molecular complexity index is 466. The van der Waals surface area contributed by atoms with Crippen LogP contribution < -0.4 is 0 Å². The Labute approximate surface area is 119 Å². The molecule has 0 radical (unpaired) electrons. The Morgan fingerprint density at radius 1 is 1.00 bits per heavy atom. The standard InChI is InChI=1S/C17H18OS/c1-2-16(18)17(13-14-9-5-3-6-10-14)19-15-11-7-4-8-12-15/h3-12,17H,2,13H2,1H3. The van der Waals surface area contributed by atoms with Crippen LogP contribution in [0.1, 0.15) is 18.9 Å². The van der Waals surface area contributed by atoms with Gasteiger partial charge in [0.05, 0.1) is 5.25 Å². The normalized spacial score (nSPS) is 12.1. The molecule has 1 nitrogen and oxygen atoms in total. The second-order valence-corrected chi connectivity index (χ2v) is 5.71. The summed E-state index contributed by atoms with van der Waals surface area (Å²) >= 11 is 1.67. The minimum atomic E-state index is 0.00907. The van der Waals surface area contributed by atoms with Crippen LogP contribution in [0.3, 0.4) is 0 Å². The first-order valence-corrected chi connectivity index (χ1v) is 7.46. The quantitative estimate of drug-likeness (QED) is 0.725. The molecule has 0 heterocycles. The summed E-state index contributed by atoms with van der Waals surface area (Å²) in [6.45, 7) is 1.94. The first-order valence-electron chi connectivity index (χ1n) is 6.58. The molecule has 2 heteroatoms. The molecule has 0 saturated heterocycles. The van der Waals surface area contributed by atoms with Crippen molar-refractivity contribution < 1.29 is 4.79 Å². The highest BCUT2D eigenvalue weighted by atomic mass is 32.2. The average Bonchev–Trinajstić information content (AvgIpc) is 2.48. The first-order chi connectivity index (χ1) is 9.29. The van der Waals surface area contributed by atoms with Crippen molar-refractivity contribution in [3.05, 3.63) is 66.2 Å². The van der Waals surface area contributed by atoms with Crippen LogP contribution in [-0.2, 0) is 11.2 Å². The minimum Gasteiger partial charge on any atom is -0.298 e. The van der Waals surface area contributed by atoms with Crippen molar-refractivity contribution in [1.29, 1.82) is 0 Å². The molecule has 0 saturated carbocycles. The van der Waals surface area contributed by atoms with Gasteiger partial charge in [-0.2, -0.15) is 0 Å². The van der Waals surface area contributed by atoms with Crippen molar-refractivity contribution in [2.24, 2.45) is 0 Å². The number of thioether (sulfide) groups is 1. The lowest BCUT2D eigenvalue weighted by atomic mass is 10.1. The summed E-state index contributed by atoms with van der Waals surface area (Å²) in [4.78, 5) is 13.3. The van der Waals surface area contributed by atoms with Gasteiger partial charge in [0.1, 0.15) is 5.78 Å². The second-order valence-electron chi connectivity index (χ2n) is 4.43. The van der Waals surface area contributed by atoms with Crippen LogP contribution in [0.15, 0.2) is 65.6 Å². The summed E-state index contributed by atoms with van der Waals surface area (Å²) in [6, 6.07) is 20.4. The molecule has 98 valence electrons. The Morgan fingerprint density at radius 2 is 1.58 bits per heavy atom. The minimum absolute atomic E-state index is 0.00907. The number of rotatable bonds is 6. The molecule has 0 aliphatic rings. The third kappa shape index (κ3) is 4.25. The maximum Gasteiger partial charge on any atom is 0.146 e. The number of carbonyl (C=O) groups excluding carboxylic acids is 1. The van der Waals surface area contributed by atoms with Gasteiger partial charge in [0.25, 0.3) is 0 Å². The zero-order valence-corrected chi connectivity index (χ0v) is 11.9. The molecule has 2 aromatic rings. The maximum absolute atomic E-state index is 12.1. The van der Waals surface area contributed by atoms with Gasteiger partial charge in [-0.25, -0.2) is 0 Å². The Morgan fingerprint density at radius 3 is 2.16 bits per heavy atom. The molecule has 1 unspecified atom stereocenters. The lowest BCUT2D eigenvalue weighted by Gasteiger charge is -2.14. The number of Topliss-reactive ketones (excluding diaryl/α,β-unsaturated/α-hetero) is 1. The van der Waals surface area contributed by atoms with Gasteiger partial charge in [-0.15, -0.1) is 11.8 Å². The summed E-state index contributed by atoms with van der Waals surface area (Å²) < 4.78 is 0. The molecule has 2 rings (SSSR count). The first kappa shape index (κ1) is 13.9. The van der Waals surface area contributed by atoms with Crippen LogP contribution in [0.5, 0.6) is 0 Å². The average molecular weight is 270 g/mol. The second kappa shape index (κ2) is 7.15. The van der Waals surface area contributed by atoms with Gasteiger partial charge < -0.3 is 0 Å². The van der Waals surface area contributed by atoms with E-state index in [0.717, 1.165) is 11.3 Å². The van der Waals surface area contributed by atoms with E-state index in [1.807, 2.05) is 43.3 Å².